The summed E-state index contributed by atoms with van der Waals surface area (Å²) < 4.78 is 1.18. The minimum atomic E-state index is -1.14. The molecule has 0 aliphatic carbocycles. The number of carbonyl (C=O) groups excluding carboxylic acids is 1. The van der Waals surface area contributed by atoms with Gasteiger partial charge in [0.25, 0.3) is 11.5 Å². The van der Waals surface area contributed by atoms with Crippen molar-refractivity contribution in [2.45, 2.75) is 19.9 Å². The number of aromatic nitrogens is 2. The lowest BCUT2D eigenvalue weighted by Gasteiger charge is -2.05. The number of aryl methyl sites for hydroxylation is 1. The first-order valence-corrected chi connectivity index (χ1v) is 5.12. The van der Waals surface area contributed by atoms with Crippen LogP contribution in [0.2, 0.25) is 0 Å². The second-order valence-electron chi connectivity index (χ2n) is 3.36. The molecule has 17 heavy (non-hydrogen) atoms. The van der Waals surface area contributed by atoms with Crippen LogP contribution in [-0.2, 0) is 11.3 Å². The van der Waals surface area contributed by atoms with E-state index in [1.807, 2.05) is 6.92 Å². The summed E-state index contributed by atoms with van der Waals surface area (Å²) in [4.78, 5) is 33.1. The molecular formula is C10H13N3O4. The Bertz CT molecular complexity index is 481. The molecule has 1 amide bonds. The van der Waals surface area contributed by atoms with Crippen molar-refractivity contribution in [2.24, 2.45) is 0 Å². The molecule has 0 bridgehead atoms. The highest BCUT2D eigenvalue weighted by Gasteiger charge is 2.10. The van der Waals surface area contributed by atoms with Crippen molar-refractivity contribution in [2.75, 3.05) is 6.54 Å². The van der Waals surface area contributed by atoms with Crippen LogP contribution >= 0.6 is 0 Å². The molecule has 0 unspecified atom stereocenters. The summed E-state index contributed by atoms with van der Waals surface area (Å²) in [5.74, 6) is -1.75. The van der Waals surface area contributed by atoms with Gasteiger partial charge in [-0.2, -0.15) is 5.10 Å². The first-order valence-electron chi connectivity index (χ1n) is 5.12. The van der Waals surface area contributed by atoms with E-state index in [-0.39, 0.29) is 11.3 Å². The molecule has 0 aliphatic rings. The maximum atomic E-state index is 11.5. The van der Waals surface area contributed by atoms with Gasteiger partial charge < -0.3 is 10.4 Å². The SMILES string of the molecule is CCCn1nc(C(=O)NCC(=O)O)ccc1=O. The highest BCUT2D eigenvalue weighted by molar-refractivity contribution is 5.93. The zero-order valence-electron chi connectivity index (χ0n) is 9.34. The van der Waals surface area contributed by atoms with Crippen molar-refractivity contribution >= 4 is 11.9 Å². The molecule has 1 aromatic heterocycles. The molecule has 0 spiro atoms. The lowest BCUT2D eigenvalue weighted by atomic mass is 10.3. The van der Waals surface area contributed by atoms with Gasteiger partial charge in [-0.1, -0.05) is 6.92 Å². The van der Waals surface area contributed by atoms with Crippen LogP contribution in [0.15, 0.2) is 16.9 Å². The predicted octanol–water partition coefficient (Wildman–Crippen LogP) is -0.532. The van der Waals surface area contributed by atoms with Gasteiger partial charge in [0.15, 0.2) is 0 Å². The lowest BCUT2D eigenvalue weighted by Crippen LogP contribution is -2.32. The maximum Gasteiger partial charge on any atom is 0.322 e. The van der Waals surface area contributed by atoms with Crippen LogP contribution in [0.1, 0.15) is 23.8 Å². The second kappa shape index (κ2) is 5.78. The first kappa shape index (κ1) is 12.9. The summed E-state index contributed by atoms with van der Waals surface area (Å²) >= 11 is 0. The number of carboxylic acids is 1. The molecule has 0 aliphatic heterocycles. The topological polar surface area (TPSA) is 101 Å². The fourth-order valence-corrected chi connectivity index (χ4v) is 1.19. The standard InChI is InChI=1S/C10H13N3O4/c1-2-5-13-8(14)4-3-7(12-13)10(17)11-6-9(15)16/h3-4H,2,5-6H2,1H3,(H,11,17)(H,15,16). The van der Waals surface area contributed by atoms with Gasteiger partial charge >= 0.3 is 5.97 Å². The van der Waals surface area contributed by atoms with Crippen molar-refractivity contribution in [3.8, 4) is 0 Å². The van der Waals surface area contributed by atoms with E-state index in [0.29, 0.717) is 13.0 Å². The molecule has 1 rings (SSSR count). The summed E-state index contributed by atoms with van der Waals surface area (Å²) in [5, 5.41) is 14.4. The Balaban J connectivity index is 2.84. The highest BCUT2D eigenvalue weighted by atomic mass is 16.4. The van der Waals surface area contributed by atoms with Gasteiger partial charge in [0.1, 0.15) is 12.2 Å². The number of hydrogen-bond acceptors (Lipinski definition) is 4. The van der Waals surface area contributed by atoms with Gasteiger partial charge in [-0.3, -0.25) is 14.4 Å². The molecule has 1 heterocycles. The monoisotopic (exact) mass is 239 g/mol. The summed E-state index contributed by atoms with van der Waals surface area (Å²) in [6, 6.07) is 2.50. The smallest absolute Gasteiger partial charge is 0.322 e. The fourth-order valence-electron chi connectivity index (χ4n) is 1.19. The van der Waals surface area contributed by atoms with Crippen LogP contribution < -0.4 is 10.9 Å². The van der Waals surface area contributed by atoms with Crippen LogP contribution in [0, 0.1) is 0 Å². The molecular weight excluding hydrogens is 226 g/mol. The number of nitrogens with one attached hydrogen (secondary N) is 1. The Labute approximate surface area is 97.1 Å². The van der Waals surface area contributed by atoms with Gasteiger partial charge in [0.05, 0.1) is 0 Å². The Morgan fingerprint density at radius 2 is 2.18 bits per heavy atom. The first-order chi connectivity index (χ1) is 8.04. The third kappa shape index (κ3) is 3.71. The third-order valence-electron chi connectivity index (χ3n) is 1.93. The molecule has 2 N–H and O–H groups in total. The van der Waals surface area contributed by atoms with Crippen LogP contribution in [0.5, 0.6) is 0 Å². The average Bonchev–Trinajstić information content (AvgIpc) is 2.29. The highest BCUT2D eigenvalue weighted by Crippen LogP contribution is 1.91. The summed E-state index contributed by atoms with van der Waals surface area (Å²) in [7, 11) is 0. The van der Waals surface area contributed by atoms with Crippen molar-refractivity contribution in [1.82, 2.24) is 15.1 Å². The van der Waals surface area contributed by atoms with E-state index in [4.69, 9.17) is 5.11 Å². The lowest BCUT2D eigenvalue weighted by molar-refractivity contribution is -0.135. The summed E-state index contributed by atoms with van der Waals surface area (Å²) in [6.07, 6.45) is 0.715. The van der Waals surface area contributed by atoms with Crippen LogP contribution in [-0.4, -0.2) is 33.3 Å². The maximum absolute atomic E-state index is 11.5. The molecule has 92 valence electrons. The molecule has 0 aromatic carbocycles. The van der Waals surface area contributed by atoms with Gasteiger partial charge in [0.2, 0.25) is 0 Å². The van der Waals surface area contributed by atoms with Gasteiger partial charge in [-0.05, 0) is 12.5 Å². The zero-order chi connectivity index (χ0) is 12.8. The normalized spacial score (nSPS) is 9.94. The number of rotatable bonds is 5. The van der Waals surface area contributed by atoms with E-state index in [9.17, 15) is 14.4 Å². The number of carboxylic acid groups (broad SMARTS) is 1. The van der Waals surface area contributed by atoms with E-state index in [2.05, 4.69) is 10.4 Å². The van der Waals surface area contributed by atoms with Gasteiger partial charge in [-0.15, -0.1) is 0 Å². The molecule has 0 saturated carbocycles. The molecule has 1 aromatic rings. The van der Waals surface area contributed by atoms with Crippen molar-refractivity contribution in [3.63, 3.8) is 0 Å². The summed E-state index contributed by atoms with van der Waals surface area (Å²) in [5.41, 5.74) is -0.263. The molecule has 7 nitrogen and oxygen atoms in total. The van der Waals surface area contributed by atoms with E-state index in [1.54, 1.807) is 0 Å². The van der Waals surface area contributed by atoms with Crippen LogP contribution in [0.25, 0.3) is 0 Å². The predicted molar refractivity (Wildman–Crippen MR) is 58.8 cm³/mol. The van der Waals surface area contributed by atoms with Crippen molar-refractivity contribution in [3.05, 3.63) is 28.2 Å². The third-order valence-corrected chi connectivity index (χ3v) is 1.93. The van der Waals surface area contributed by atoms with Crippen LogP contribution in [0.4, 0.5) is 0 Å². The van der Waals surface area contributed by atoms with Crippen molar-refractivity contribution < 1.29 is 14.7 Å². The molecule has 0 fully saturated rings. The number of aliphatic carboxylic acids is 1. The Kier molecular flexibility index (Phi) is 4.38. The minimum absolute atomic E-state index is 0.0271. The number of hydrogen-bond donors (Lipinski definition) is 2. The second-order valence-corrected chi connectivity index (χ2v) is 3.36. The Morgan fingerprint density at radius 3 is 2.76 bits per heavy atom. The van der Waals surface area contributed by atoms with E-state index in [0.717, 1.165) is 0 Å². The zero-order valence-corrected chi connectivity index (χ0v) is 9.34. The number of carbonyl (C=O) groups is 2. The number of nitrogens with zero attached hydrogens (tertiary/aromatic N) is 2. The van der Waals surface area contributed by atoms with Gasteiger partial charge in [-0.25, -0.2) is 4.68 Å². The molecule has 0 radical (unpaired) electrons. The Morgan fingerprint density at radius 1 is 1.47 bits per heavy atom. The number of amides is 1. The van der Waals surface area contributed by atoms with E-state index >= 15 is 0 Å². The quantitative estimate of drug-likeness (QED) is 0.719. The largest absolute Gasteiger partial charge is 0.480 e. The Hall–Kier alpha value is -2.18. The minimum Gasteiger partial charge on any atom is -0.480 e. The average molecular weight is 239 g/mol. The fraction of sp³-hybridized carbons (Fsp3) is 0.400. The molecule has 7 heteroatoms. The van der Waals surface area contributed by atoms with Crippen LogP contribution in [0.3, 0.4) is 0 Å². The molecule has 0 atom stereocenters. The summed E-state index contributed by atoms with van der Waals surface area (Å²) in [6.45, 7) is 1.82. The van der Waals surface area contributed by atoms with E-state index in [1.165, 1.54) is 16.8 Å². The van der Waals surface area contributed by atoms with E-state index < -0.39 is 18.4 Å². The van der Waals surface area contributed by atoms with Crippen molar-refractivity contribution in [1.29, 1.82) is 0 Å². The molecule has 0 saturated heterocycles. The van der Waals surface area contributed by atoms with Gasteiger partial charge in [0, 0.05) is 12.6 Å².